The number of hydrogen-bond acceptors (Lipinski definition) is 5. The van der Waals surface area contributed by atoms with E-state index in [0.717, 1.165) is 7.11 Å². The highest BCUT2D eigenvalue weighted by Crippen LogP contribution is 2.41. The van der Waals surface area contributed by atoms with E-state index in [9.17, 15) is 4.57 Å². The number of nitrogens with one attached hydrogen (secondary N) is 1. The molecule has 0 rings (SSSR count). The van der Waals surface area contributed by atoms with Crippen LogP contribution in [0.5, 0.6) is 0 Å². The molecule has 0 heterocycles. The lowest BCUT2D eigenvalue weighted by Gasteiger charge is -2.16. The first-order valence-corrected chi connectivity index (χ1v) is 5.42. The second-order valence-corrected chi connectivity index (χ2v) is 3.94. The number of rotatable bonds is 7. The van der Waals surface area contributed by atoms with Gasteiger partial charge in [-0.25, -0.2) is 4.57 Å². The summed E-state index contributed by atoms with van der Waals surface area (Å²) in [7, 11) is -2.83. The largest absolute Gasteiger partial charge is 0.471 e. The summed E-state index contributed by atoms with van der Waals surface area (Å²) in [6.45, 7) is 2.29. The molecule has 0 spiro atoms. The van der Waals surface area contributed by atoms with Crippen LogP contribution in [0.1, 0.15) is 6.92 Å². The van der Waals surface area contributed by atoms with Gasteiger partial charge in [0, 0.05) is 7.11 Å². The Bertz CT molecular complexity index is 176. The Morgan fingerprint density at radius 3 is 2.62 bits per heavy atom. The minimum atomic E-state index is -3.92. The van der Waals surface area contributed by atoms with Gasteiger partial charge in [0.1, 0.15) is 0 Å². The van der Waals surface area contributed by atoms with E-state index < -0.39 is 7.82 Å². The second kappa shape index (κ2) is 6.48. The van der Waals surface area contributed by atoms with Crippen molar-refractivity contribution in [2.24, 2.45) is 0 Å². The summed E-state index contributed by atoms with van der Waals surface area (Å²) in [5.74, 6) is 0. The molecule has 0 bridgehead atoms. The van der Waals surface area contributed by atoms with Crippen molar-refractivity contribution in [3.63, 3.8) is 0 Å². The molecule has 13 heavy (non-hydrogen) atoms. The van der Waals surface area contributed by atoms with E-state index >= 15 is 0 Å². The maximum absolute atomic E-state index is 10.8. The Morgan fingerprint density at radius 1 is 1.62 bits per heavy atom. The molecule has 7 heteroatoms. The average Bonchev–Trinajstić information content (AvgIpc) is 2.12. The average molecular weight is 213 g/mol. The van der Waals surface area contributed by atoms with Crippen LogP contribution in [0.4, 0.5) is 0 Å². The number of hydrogen-bond donors (Lipinski definition) is 3. The van der Waals surface area contributed by atoms with Crippen LogP contribution in [0.2, 0.25) is 0 Å². The zero-order valence-electron chi connectivity index (χ0n) is 7.77. The number of likely N-dealkylation sites (N-methyl/N-ethyl adjacent to an activating group) is 1. The van der Waals surface area contributed by atoms with Gasteiger partial charge in [-0.2, -0.15) is 0 Å². The Morgan fingerprint density at radius 2 is 2.23 bits per heavy atom. The monoisotopic (exact) mass is 213 g/mol. The quantitative estimate of drug-likeness (QED) is 0.504. The molecular formula is C6H16NO5P. The lowest BCUT2D eigenvalue weighted by molar-refractivity contribution is 0.134. The fourth-order valence-electron chi connectivity index (χ4n) is 0.702. The molecule has 3 N–H and O–H groups in total. The van der Waals surface area contributed by atoms with Crippen LogP contribution < -0.4 is 5.32 Å². The van der Waals surface area contributed by atoms with Gasteiger partial charge in [-0.1, -0.05) is 6.92 Å². The van der Waals surface area contributed by atoms with Crippen molar-refractivity contribution < 1.29 is 23.6 Å². The van der Waals surface area contributed by atoms with Crippen LogP contribution in [0.3, 0.4) is 0 Å². The molecule has 80 valence electrons. The zero-order chi connectivity index (χ0) is 10.3. The molecule has 0 fully saturated rings. The Balaban J connectivity index is 3.77. The molecule has 0 aliphatic heterocycles. The first kappa shape index (κ1) is 13.0. The second-order valence-electron chi connectivity index (χ2n) is 2.38. The Labute approximate surface area is 77.5 Å². The summed E-state index contributed by atoms with van der Waals surface area (Å²) >= 11 is 0. The summed E-state index contributed by atoms with van der Waals surface area (Å²) < 4.78 is 19.5. The molecule has 0 aromatic rings. The third kappa shape index (κ3) is 6.15. The normalized spacial score (nSPS) is 18.2. The fraction of sp³-hybridized carbons (Fsp3) is 1.00. The molecule has 2 unspecified atom stereocenters. The minimum absolute atomic E-state index is 0.0635. The molecule has 0 saturated carbocycles. The molecule has 0 saturated heterocycles. The van der Waals surface area contributed by atoms with Crippen LogP contribution >= 0.6 is 7.82 Å². The number of aliphatic hydroxyl groups excluding tert-OH is 1. The summed E-state index contributed by atoms with van der Waals surface area (Å²) in [4.78, 5) is 8.84. The van der Waals surface area contributed by atoms with E-state index in [1.165, 1.54) is 0 Å². The molecular weight excluding hydrogens is 197 g/mol. The highest BCUT2D eigenvalue weighted by molar-refractivity contribution is 7.47. The van der Waals surface area contributed by atoms with Crippen molar-refractivity contribution >= 4 is 7.82 Å². The fourth-order valence-corrected chi connectivity index (χ4v) is 1.18. The van der Waals surface area contributed by atoms with Crippen LogP contribution in [-0.2, 0) is 13.6 Å². The number of aliphatic hydroxyl groups is 1. The predicted octanol–water partition coefficient (Wildman–Crippen LogP) is -0.280. The van der Waals surface area contributed by atoms with Gasteiger partial charge >= 0.3 is 7.82 Å². The Hall–Kier alpha value is 0.0300. The molecule has 0 radical (unpaired) electrons. The zero-order valence-corrected chi connectivity index (χ0v) is 8.66. The van der Waals surface area contributed by atoms with Crippen molar-refractivity contribution in [2.45, 2.75) is 13.0 Å². The van der Waals surface area contributed by atoms with Gasteiger partial charge in [0.25, 0.3) is 0 Å². The van der Waals surface area contributed by atoms with E-state index in [2.05, 4.69) is 14.4 Å². The molecule has 0 aliphatic rings. The van der Waals surface area contributed by atoms with Gasteiger partial charge in [-0.3, -0.25) is 9.05 Å². The van der Waals surface area contributed by atoms with Crippen molar-refractivity contribution in [1.82, 2.24) is 5.32 Å². The van der Waals surface area contributed by atoms with E-state index in [1.54, 1.807) is 0 Å². The minimum Gasteiger partial charge on any atom is -0.395 e. The lowest BCUT2D eigenvalue weighted by Crippen LogP contribution is -2.36. The molecule has 0 aromatic carbocycles. The molecule has 0 aliphatic carbocycles. The van der Waals surface area contributed by atoms with Gasteiger partial charge in [-0.15, -0.1) is 0 Å². The first-order valence-electron chi connectivity index (χ1n) is 3.93. The smallest absolute Gasteiger partial charge is 0.395 e. The van der Waals surface area contributed by atoms with Gasteiger partial charge < -0.3 is 15.3 Å². The first-order chi connectivity index (χ1) is 6.05. The van der Waals surface area contributed by atoms with E-state index in [0.29, 0.717) is 6.54 Å². The van der Waals surface area contributed by atoms with Gasteiger partial charge in [-0.05, 0) is 6.54 Å². The molecule has 0 aromatic heterocycles. The van der Waals surface area contributed by atoms with Crippen molar-refractivity contribution in [2.75, 3.05) is 26.9 Å². The van der Waals surface area contributed by atoms with Crippen LogP contribution in [0.15, 0.2) is 0 Å². The van der Waals surface area contributed by atoms with Crippen LogP contribution in [0, 0.1) is 0 Å². The van der Waals surface area contributed by atoms with Crippen LogP contribution in [-0.4, -0.2) is 42.9 Å². The van der Waals surface area contributed by atoms with E-state index in [1.807, 2.05) is 6.92 Å². The van der Waals surface area contributed by atoms with Gasteiger partial charge in [0.05, 0.1) is 19.3 Å². The standard InChI is InChI=1S/C6H16NO5P/c1-3-7-6(4-8)5-12-13(9,10)11-2/h6-8H,3-5H2,1-2H3,(H,9,10). The summed E-state index contributed by atoms with van der Waals surface area (Å²) in [5, 5.41) is 11.6. The van der Waals surface area contributed by atoms with Crippen molar-refractivity contribution in [1.29, 1.82) is 0 Å². The van der Waals surface area contributed by atoms with Crippen LogP contribution in [0.25, 0.3) is 0 Å². The lowest BCUT2D eigenvalue weighted by atomic mass is 10.3. The van der Waals surface area contributed by atoms with E-state index in [-0.39, 0.29) is 19.3 Å². The van der Waals surface area contributed by atoms with Crippen molar-refractivity contribution in [3.05, 3.63) is 0 Å². The highest BCUT2D eigenvalue weighted by Gasteiger charge is 2.20. The summed E-state index contributed by atoms with van der Waals surface area (Å²) in [5.41, 5.74) is 0. The summed E-state index contributed by atoms with van der Waals surface area (Å²) in [6.07, 6.45) is 0. The SMILES string of the molecule is CCNC(CO)COP(=O)(O)OC. The van der Waals surface area contributed by atoms with Crippen molar-refractivity contribution in [3.8, 4) is 0 Å². The topological polar surface area (TPSA) is 88.0 Å². The number of phosphoric ester groups is 1. The third-order valence-corrected chi connectivity index (χ3v) is 2.32. The molecule has 2 atom stereocenters. The summed E-state index contributed by atoms with van der Waals surface area (Å²) in [6, 6.07) is -0.347. The maximum Gasteiger partial charge on any atom is 0.471 e. The maximum atomic E-state index is 10.8. The highest BCUT2D eigenvalue weighted by atomic mass is 31.2. The predicted molar refractivity (Wildman–Crippen MR) is 47.3 cm³/mol. The number of phosphoric acid groups is 1. The Kier molecular flexibility index (Phi) is 6.49. The van der Waals surface area contributed by atoms with Gasteiger partial charge in [0.15, 0.2) is 0 Å². The van der Waals surface area contributed by atoms with Gasteiger partial charge in [0.2, 0.25) is 0 Å². The molecule has 0 amide bonds. The molecule has 6 nitrogen and oxygen atoms in total. The van der Waals surface area contributed by atoms with E-state index in [4.69, 9.17) is 10.00 Å². The third-order valence-electron chi connectivity index (χ3n) is 1.38.